The fourth-order valence-electron chi connectivity index (χ4n) is 4.54. The van der Waals surface area contributed by atoms with Crippen LogP contribution in [0, 0.1) is 5.92 Å². The molecule has 1 aromatic heterocycles. The van der Waals surface area contributed by atoms with Gasteiger partial charge in [-0.15, -0.1) is 0 Å². The van der Waals surface area contributed by atoms with Gasteiger partial charge in [-0.2, -0.15) is 0 Å². The highest BCUT2D eigenvalue weighted by atomic mass is 16.6. The van der Waals surface area contributed by atoms with Crippen molar-refractivity contribution in [1.29, 1.82) is 0 Å². The van der Waals surface area contributed by atoms with E-state index < -0.39 is 17.7 Å². The number of imidazole rings is 1. The molecule has 2 fully saturated rings. The quantitative estimate of drug-likeness (QED) is 0.745. The summed E-state index contributed by atoms with van der Waals surface area (Å²) in [5.41, 5.74) is -0.559. The number of nitrogens with zero attached hydrogens (tertiary/aromatic N) is 4. The van der Waals surface area contributed by atoms with E-state index in [1.165, 1.54) is 0 Å². The molecular weight excluding hydrogens is 394 g/mol. The Bertz CT molecular complexity index is 755. The summed E-state index contributed by atoms with van der Waals surface area (Å²) < 4.78 is 7.70. The van der Waals surface area contributed by atoms with E-state index in [4.69, 9.17) is 4.74 Å². The first-order chi connectivity index (χ1) is 14.6. The van der Waals surface area contributed by atoms with Crippen LogP contribution < -0.4 is 5.32 Å². The maximum absolute atomic E-state index is 12.8. The summed E-state index contributed by atoms with van der Waals surface area (Å²) >= 11 is 0. The number of ether oxygens (including phenoxy) is 1. The highest BCUT2D eigenvalue weighted by Crippen LogP contribution is 2.22. The summed E-state index contributed by atoms with van der Waals surface area (Å²) in [5.74, 6) is 1.45. The van der Waals surface area contributed by atoms with Gasteiger partial charge >= 0.3 is 6.09 Å². The second kappa shape index (κ2) is 10.0. The minimum atomic E-state index is -0.559. The highest BCUT2D eigenvalue weighted by Gasteiger charge is 2.36. The van der Waals surface area contributed by atoms with Crippen molar-refractivity contribution in [3.05, 3.63) is 18.2 Å². The molecule has 0 spiro atoms. The first-order valence-electron chi connectivity index (χ1n) is 11.7. The molecule has 8 nitrogen and oxygen atoms in total. The zero-order valence-electron chi connectivity index (χ0n) is 19.8. The topological polar surface area (TPSA) is 79.7 Å². The fraction of sp³-hybridized carbons (Fsp3) is 0.783. The van der Waals surface area contributed by atoms with Gasteiger partial charge in [0.1, 0.15) is 17.5 Å². The molecule has 2 amide bonds. The molecule has 3 rings (SSSR count). The lowest BCUT2D eigenvalue weighted by Gasteiger charge is -2.33. The number of likely N-dealkylation sites (tertiary alicyclic amines) is 2. The second-order valence-electron chi connectivity index (χ2n) is 10.2. The van der Waals surface area contributed by atoms with Gasteiger partial charge in [-0.05, 0) is 72.8 Å². The number of hydrogen-bond acceptors (Lipinski definition) is 5. The van der Waals surface area contributed by atoms with Crippen molar-refractivity contribution >= 4 is 12.0 Å². The Hall–Kier alpha value is -2.09. The van der Waals surface area contributed by atoms with Crippen LogP contribution >= 0.6 is 0 Å². The predicted octanol–water partition coefficient (Wildman–Crippen LogP) is 3.19. The molecule has 1 N–H and O–H groups in total. The zero-order valence-corrected chi connectivity index (χ0v) is 19.8. The van der Waals surface area contributed by atoms with Crippen LogP contribution in [0.5, 0.6) is 0 Å². The molecule has 0 unspecified atom stereocenters. The maximum Gasteiger partial charge on any atom is 0.410 e. The maximum atomic E-state index is 12.8. The SMILES string of the molecule is CC(C)n1ccnc1CN1CCC[C@@H](CNC(=O)[C@@H]2CCCN2C(=O)OC(C)(C)C)C1. The Morgan fingerprint density at radius 3 is 2.68 bits per heavy atom. The smallest absolute Gasteiger partial charge is 0.410 e. The van der Waals surface area contributed by atoms with E-state index in [1.807, 2.05) is 33.2 Å². The first-order valence-corrected chi connectivity index (χ1v) is 11.7. The van der Waals surface area contributed by atoms with Gasteiger partial charge in [0.2, 0.25) is 5.91 Å². The van der Waals surface area contributed by atoms with E-state index >= 15 is 0 Å². The van der Waals surface area contributed by atoms with Crippen LogP contribution in [0.25, 0.3) is 0 Å². The Balaban J connectivity index is 1.49. The van der Waals surface area contributed by atoms with Crippen LogP contribution in [0.1, 0.15) is 72.2 Å². The number of amides is 2. The number of carbonyl (C=O) groups excluding carboxylic acids is 2. The van der Waals surface area contributed by atoms with Crippen LogP contribution in [-0.4, -0.2) is 69.2 Å². The molecule has 8 heteroatoms. The highest BCUT2D eigenvalue weighted by molar-refractivity contribution is 5.86. The van der Waals surface area contributed by atoms with Gasteiger partial charge in [-0.1, -0.05) is 0 Å². The monoisotopic (exact) mass is 433 g/mol. The third-order valence-electron chi connectivity index (χ3n) is 6.02. The fourth-order valence-corrected chi connectivity index (χ4v) is 4.54. The molecular formula is C23H39N5O3. The summed E-state index contributed by atoms with van der Waals surface area (Å²) in [4.78, 5) is 33.9. The molecule has 2 saturated heterocycles. The summed E-state index contributed by atoms with van der Waals surface area (Å²) in [7, 11) is 0. The molecule has 0 saturated carbocycles. The van der Waals surface area contributed by atoms with Crippen molar-refractivity contribution in [3.63, 3.8) is 0 Å². The van der Waals surface area contributed by atoms with E-state index in [1.54, 1.807) is 4.90 Å². The number of piperidine rings is 1. The van der Waals surface area contributed by atoms with E-state index in [9.17, 15) is 9.59 Å². The Morgan fingerprint density at radius 2 is 1.97 bits per heavy atom. The molecule has 31 heavy (non-hydrogen) atoms. The zero-order chi connectivity index (χ0) is 22.6. The van der Waals surface area contributed by atoms with Crippen molar-refractivity contribution in [3.8, 4) is 0 Å². The second-order valence-corrected chi connectivity index (χ2v) is 10.2. The molecule has 0 aromatic carbocycles. The van der Waals surface area contributed by atoms with E-state index in [2.05, 4.69) is 33.6 Å². The van der Waals surface area contributed by atoms with Gasteiger partial charge in [0.15, 0.2) is 0 Å². The Labute approximate surface area is 186 Å². The number of hydrogen-bond donors (Lipinski definition) is 1. The van der Waals surface area contributed by atoms with Crippen LogP contribution in [-0.2, 0) is 16.1 Å². The first kappa shape index (κ1) is 23.6. The summed E-state index contributed by atoms with van der Waals surface area (Å²) in [5, 5.41) is 3.12. The van der Waals surface area contributed by atoms with Gasteiger partial charge in [-0.3, -0.25) is 14.6 Å². The minimum Gasteiger partial charge on any atom is -0.444 e. The van der Waals surface area contributed by atoms with Gasteiger partial charge in [-0.25, -0.2) is 9.78 Å². The van der Waals surface area contributed by atoms with Crippen LogP contribution in [0.2, 0.25) is 0 Å². The van der Waals surface area contributed by atoms with Crippen LogP contribution in [0.4, 0.5) is 4.79 Å². The van der Waals surface area contributed by atoms with Gasteiger partial charge in [0.25, 0.3) is 0 Å². The van der Waals surface area contributed by atoms with Crippen LogP contribution in [0.3, 0.4) is 0 Å². The standard InChI is InChI=1S/C23H39N5O3/c1-17(2)27-13-10-24-20(27)16-26-11-6-8-18(15-26)14-25-21(29)19-9-7-12-28(19)22(30)31-23(3,4)5/h10,13,17-19H,6-9,11-12,14-16H2,1-5H3,(H,25,29)/t18-,19-/m0/s1. The molecule has 3 heterocycles. The normalized spacial score (nSPS) is 22.7. The number of nitrogens with one attached hydrogen (secondary N) is 1. The average Bonchev–Trinajstić information content (AvgIpc) is 3.34. The van der Waals surface area contributed by atoms with Crippen LogP contribution in [0.15, 0.2) is 12.4 Å². The van der Waals surface area contributed by atoms with Crippen molar-refractivity contribution in [2.24, 2.45) is 5.92 Å². The lowest BCUT2D eigenvalue weighted by atomic mass is 9.97. The number of carbonyl (C=O) groups is 2. The third-order valence-corrected chi connectivity index (χ3v) is 6.02. The molecule has 0 aliphatic carbocycles. The third kappa shape index (κ3) is 6.45. The van der Waals surface area contributed by atoms with Gasteiger partial charge in [0, 0.05) is 38.1 Å². The largest absolute Gasteiger partial charge is 0.444 e. The van der Waals surface area contributed by atoms with E-state index in [0.29, 0.717) is 31.5 Å². The average molecular weight is 434 g/mol. The van der Waals surface area contributed by atoms with Crippen molar-refractivity contribution in [2.75, 3.05) is 26.2 Å². The lowest BCUT2D eigenvalue weighted by Crippen LogP contribution is -2.49. The molecule has 1 aromatic rings. The van der Waals surface area contributed by atoms with E-state index in [-0.39, 0.29) is 5.91 Å². The molecule has 2 aliphatic heterocycles. The minimum absolute atomic E-state index is 0.0594. The van der Waals surface area contributed by atoms with Gasteiger partial charge in [0.05, 0.1) is 6.54 Å². The Kier molecular flexibility index (Phi) is 7.62. The summed E-state index contributed by atoms with van der Waals surface area (Å²) in [6.07, 6.45) is 7.27. The molecule has 2 aliphatic rings. The molecule has 174 valence electrons. The molecule has 2 atom stereocenters. The molecule has 0 radical (unpaired) electrons. The molecule has 0 bridgehead atoms. The van der Waals surface area contributed by atoms with Crippen molar-refractivity contribution in [1.82, 2.24) is 24.7 Å². The van der Waals surface area contributed by atoms with Crippen molar-refractivity contribution < 1.29 is 14.3 Å². The Morgan fingerprint density at radius 1 is 1.23 bits per heavy atom. The summed E-state index contributed by atoms with van der Waals surface area (Å²) in [6, 6.07) is -0.0234. The number of rotatable bonds is 6. The van der Waals surface area contributed by atoms with E-state index in [0.717, 1.165) is 44.7 Å². The number of aromatic nitrogens is 2. The van der Waals surface area contributed by atoms with Gasteiger partial charge < -0.3 is 14.6 Å². The predicted molar refractivity (Wildman–Crippen MR) is 120 cm³/mol. The summed E-state index contributed by atoms with van der Waals surface area (Å²) in [6.45, 7) is 13.9. The van der Waals surface area contributed by atoms with Crippen molar-refractivity contribution in [2.45, 2.75) is 84.5 Å². The lowest BCUT2D eigenvalue weighted by molar-refractivity contribution is -0.125.